The van der Waals surface area contributed by atoms with Crippen LogP contribution in [-0.4, -0.2) is 13.4 Å². The van der Waals surface area contributed by atoms with Gasteiger partial charge in [-0.2, -0.15) is 0 Å². The van der Waals surface area contributed by atoms with Gasteiger partial charge in [-0.15, -0.1) is 11.3 Å². The van der Waals surface area contributed by atoms with E-state index in [1.54, 1.807) is 18.4 Å². The number of aldehydes is 1. The van der Waals surface area contributed by atoms with Crippen molar-refractivity contribution in [2.75, 3.05) is 7.11 Å². The summed E-state index contributed by atoms with van der Waals surface area (Å²) in [6.07, 6.45) is 0.854. The zero-order chi connectivity index (χ0) is 10.1. The minimum atomic E-state index is 0.648. The van der Waals surface area contributed by atoms with E-state index in [2.05, 4.69) is 0 Å². The van der Waals surface area contributed by atoms with Crippen molar-refractivity contribution in [3.05, 3.63) is 28.6 Å². The summed E-state index contributed by atoms with van der Waals surface area (Å²) in [5.74, 6) is 0.656. The first-order chi connectivity index (χ1) is 6.77. The number of carbonyl (C=O) groups is 1. The highest BCUT2D eigenvalue weighted by atomic mass is 32.1. The van der Waals surface area contributed by atoms with Gasteiger partial charge < -0.3 is 4.74 Å². The van der Waals surface area contributed by atoms with Crippen LogP contribution in [-0.2, 0) is 0 Å². The fourth-order valence-corrected chi connectivity index (χ4v) is 2.48. The number of carbonyl (C=O) groups excluding carboxylic acids is 1. The lowest BCUT2D eigenvalue weighted by Crippen LogP contribution is -1.92. The van der Waals surface area contributed by atoms with Crippen molar-refractivity contribution in [1.29, 1.82) is 0 Å². The number of hydrogen-bond acceptors (Lipinski definition) is 3. The predicted molar refractivity (Wildman–Crippen MR) is 58.5 cm³/mol. The van der Waals surface area contributed by atoms with Gasteiger partial charge in [-0.25, -0.2) is 0 Å². The molecule has 0 bridgehead atoms. The van der Waals surface area contributed by atoms with E-state index in [9.17, 15) is 4.79 Å². The van der Waals surface area contributed by atoms with E-state index < -0.39 is 0 Å². The van der Waals surface area contributed by atoms with Crippen LogP contribution in [0.25, 0.3) is 10.1 Å². The number of benzene rings is 1. The fraction of sp³-hybridized carbons (Fsp3) is 0.182. The number of methoxy groups -OCH3 is 1. The second-order valence-corrected chi connectivity index (χ2v) is 4.01. The molecule has 1 aromatic heterocycles. The van der Waals surface area contributed by atoms with E-state index in [-0.39, 0.29) is 0 Å². The molecule has 0 unspecified atom stereocenters. The Morgan fingerprint density at radius 2 is 2.29 bits per heavy atom. The standard InChI is InChI=1S/C11H10O2S/c1-7-5-10(13-2)9(6-12)8-3-4-14-11(7)8/h3-6H,1-2H3. The minimum absolute atomic E-state index is 0.648. The van der Waals surface area contributed by atoms with Crippen LogP contribution in [0.4, 0.5) is 0 Å². The first-order valence-electron chi connectivity index (χ1n) is 4.28. The van der Waals surface area contributed by atoms with Crippen molar-refractivity contribution in [2.45, 2.75) is 6.92 Å². The first kappa shape index (κ1) is 9.21. The van der Waals surface area contributed by atoms with Crippen molar-refractivity contribution in [3.8, 4) is 5.75 Å². The first-order valence-corrected chi connectivity index (χ1v) is 5.16. The molecule has 2 aromatic rings. The van der Waals surface area contributed by atoms with Crippen molar-refractivity contribution in [1.82, 2.24) is 0 Å². The lowest BCUT2D eigenvalue weighted by molar-refractivity contribution is 0.112. The number of thiophene rings is 1. The summed E-state index contributed by atoms with van der Waals surface area (Å²) in [7, 11) is 1.58. The summed E-state index contributed by atoms with van der Waals surface area (Å²) < 4.78 is 6.33. The molecule has 2 rings (SSSR count). The molecule has 0 aliphatic heterocycles. The Labute approximate surface area is 86.1 Å². The van der Waals surface area contributed by atoms with Gasteiger partial charge in [-0.3, -0.25) is 4.79 Å². The average Bonchev–Trinajstić information content (AvgIpc) is 2.66. The van der Waals surface area contributed by atoms with Crippen LogP contribution < -0.4 is 4.74 Å². The third kappa shape index (κ3) is 1.21. The Morgan fingerprint density at radius 1 is 1.50 bits per heavy atom. The summed E-state index contributed by atoms with van der Waals surface area (Å²) in [5.41, 5.74) is 1.80. The van der Waals surface area contributed by atoms with Crippen LogP contribution in [0, 0.1) is 6.92 Å². The SMILES string of the molecule is COc1cc(C)c2sccc2c1C=O. The van der Waals surface area contributed by atoms with Gasteiger partial charge in [0.1, 0.15) is 5.75 Å². The lowest BCUT2D eigenvalue weighted by Gasteiger charge is -2.06. The van der Waals surface area contributed by atoms with Crippen molar-refractivity contribution >= 4 is 27.7 Å². The van der Waals surface area contributed by atoms with Gasteiger partial charge in [0.25, 0.3) is 0 Å². The zero-order valence-corrected chi connectivity index (χ0v) is 8.85. The lowest BCUT2D eigenvalue weighted by atomic mass is 10.1. The Balaban J connectivity index is 2.88. The largest absolute Gasteiger partial charge is 0.496 e. The van der Waals surface area contributed by atoms with Gasteiger partial charge in [0.15, 0.2) is 6.29 Å². The maximum atomic E-state index is 10.9. The van der Waals surface area contributed by atoms with Crippen LogP contribution in [0.1, 0.15) is 15.9 Å². The summed E-state index contributed by atoms with van der Waals surface area (Å²) >= 11 is 1.65. The molecular formula is C11H10O2S. The predicted octanol–water partition coefficient (Wildman–Crippen LogP) is 3.03. The molecule has 0 radical (unpaired) electrons. The smallest absolute Gasteiger partial charge is 0.154 e. The molecular weight excluding hydrogens is 196 g/mol. The van der Waals surface area contributed by atoms with E-state index in [0.717, 1.165) is 21.9 Å². The molecule has 1 heterocycles. The quantitative estimate of drug-likeness (QED) is 0.706. The molecule has 0 aliphatic rings. The third-order valence-electron chi connectivity index (χ3n) is 2.26. The molecule has 0 N–H and O–H groups in total. The summed E-state index contributed by atoms with van der Waals surface area (Å²) in [4.78, 5) is 10.9. The third-order valence-corrected chi connectivity index (χ3v) is 3.31. The van der Waals surface area contributed by atoms with Crippen molar-refractivity contribution < 1.29 is 9.53 Å². The highest BCUT2D eigenvalue weighted by Gasteiger charge is 2.10. The molecule has 14 heavy (non-hydrogen) atoms. The zero-order valence-electron chi connectivity index (χ0n) is 8.03. The maximum Gasteiger partial charge on any atom is 0.154 e. The van der Waals surface area contributed by atoms with Crippen molar-refractivity contribution in [3.63, 3.8) is 0 Å². The van der Waals surface area contributed by atoms with E-state index in [1.807, 2.05) is 24.4 Å². The number of aryl methyl sites for hydroxylation is 1. The number of rotatable bonds is 2. The van der Waals surface area contributed by atoms with Gasteiger partial charge in [-0.1, -0.05) is 0 Å². The van der Waals surface area contributed by atoms with E-state index in [0.29, 0.717) is 11.3 Å². The van der Waals surface area contributed by atoms with Crippen LogP contribution in [0.2, 0.25) is 0 Å². The minimum Gasteiger partial charge on any atom is -0.496 e. The molecule has 0 saturated heterocycles. The van der Waals surface area contributed by atoms with Gasteiger partial charge in [0.05, 0.1) is 12.7 Å². The molecule has 1 aromatic carbocycles. The number of hydrogen-bond donors (Lipinski definition) is 0. The van der Waals surface area contributed by atoms with Gasteiger partial charge >= 0.3 is 0 Å². The van der Waals surface area contributed by atoms with Gasteiger partial charge in [0.2, 0.25) is 0 Å². The maximum absolute atomic E-state index is 10.9. The van der Waals surface area contributed by atoms with Crippen LogP contribution in [0.5, 0.6) is 5.75 Å². The second-order valence-electron chi connectivity index (χ2n) is 3.09. The Hall–Kier alpha value is -1.35. The molecule has 0 amide bonds. The van der Waals surface area contributed by atoms with Gasteiger partial charge in [0, 0.05) is 10.1 Å². The Kier molecular flexibility index (Phi) is 2.25. The molecule has 0 saturated carbocycles. The Bertz CT molecular complexity index is 485. The van der Waals surface area contributed by atoms with E-state index in [1.165, 1.54) is 0 Å². The molecule has 0 atom stereocenters. The van der Waals surface area contributed by atoms with Crippen LogP contribution >= 0.6 is 11.3 Å². The van der Waals surface area contributed by atoms with Crippen LogP contribution in [0.15, 0.2) is 17.5 Å². The van der Waals surface area contributed by atoms with Gasteiger partial charge in [-0.05, 0) is 30.0 Å². The summed E-state index contributed by atoms with van der Waals surface area (Å²) in [6.45, 7) is 2.02. The highest BCUT2D eigenvalue weighted by Crippen LogP contribution is 2.33. The molecule has 2 nitrogen and oxygen atoms in total. The Morgan fingerprint density at radius 3 is 2.93 bits per heavy atom. The van der Waals surface area contributed by atoms with Crippen LogP contribution in [0.3, 0.4) is 0 Å². The molecule has 72 valence electrons. The summed E-state index contributed by atoms with van der Waals surface area (Å²) in [6, 6.07) is 3.86. The van der Waals surface area contributed by atoms with Crippen molar-refractivity contribution in [2.24, 2.45) is 0 Å². The van der Waals surface area contributed by atoms with E-state index >= 15 is 0 Å². The number of fused-ring (bicyclic) bond motifs is 1. The second kappa shape index (κ2) is 3.42. The summed E-state index contributed by atoms with van der Waals surface area (Å²) in [5, 5.41) is 2.98. The fourth-order valence-electron chi connectivity index (χ4n) is 1.59. The molecule has 3 heteroatoms. The monoisotopic (exact) mass is 206 g/mol. The number of ether oxygens (including phenoxy) is 1. The molecule has 0 fully saturated rings. The molecule has 0 spiro atoms. The molecule has 0 aliphatic carbocycles. The topological polar surface area (TPSA) is 26.3 Å². The average molecular weight is 206 g/mol. The highest BCUT2D eigenvalue weighted by molar-refractivity contribution is 7.17. The normalized spacial score (nSPS) is 10.4. The van der Waals surface area contributed by atoms with E-state index in [4.69, 9.17) is 4.74 Å².